The Bertz CT molecular complexity index is 895. The Balaban J connectivity index is 1.47. The van der Waals surface area contributed by atoms with Crippen LogP contribution in [0.3, 0.4) is 0 Å². The van der Waals surface area contributed by atoms with Crippen LogP contribution in [-0.4, -0.2) is 31.5 Å². The molecule has 0 saturated carbocycles. The highest BCUT2D eigenvalue weighted by Gasteiger charge is 2.32. The van der Waals surface area contributed by atoms with E-state index in [4.69, 9.17) is 9.47 Å². The van der Waals surface area contributed by atoms with Crippen LogP contribution in [0.15, 0.2) is 28.9 Å². The van der Waals surface area contributed by atoms with Crippen molar-refractivity contribution in [2.75, 3.05) is 6.61 Å². The largest absolute Gasteiger partial charge is 0.478 e. The summed E-state index contributed by atoms with van der Waals surface area (Å²) in [7, 11) is 0. The Hall–Kier alpha value is -3.04. The van der Waals surface area contributed by atoms with Gasteiger partial charge < -0.3 is 14.0 Å². The molecule has 136 valence electrons. The smallest absolute Gasteiger partial charge is 0.322 e. The average Bonchev–Trinajstić information content (AvgIpc) is 3.26. The van der Waals surface area contributed by atoms with Crippen molar-refractivity contribution in [1.82, 2.24) is 24.9 Å². The van der Waals surface area contributed by atoms with Crippen LogP contribution in [0, 0.1) is 0 Å². The second-order valence-corrected chi connectivity index (χ2v) is 5.88. The molecule has 3 aromatic heterocycles. The number of pyridine rings is 1. The summed E-state index contributed by atoms with van der Waals surface area (Å²) >= 11 is 0. The van der Waals surface area contributed by atoms with Gasteiger partial charge in [0.25, 0.3) is 5.89 Å². The second-order valence-electron chi connectivity index (χ2n) is 5.88. The summed E-state index contributed by atoms with van der Waals surface area (Å²) in [5.41, 5.74) is 1.17. The third kappa shape index (κ3) is 3.35. The number of rotatable bonds is 5. The molecule has 1 aliphatic rings. The van der Waals surface area contributed by atoms with Crippen LogP contribution in [0.5, 0.6) is 11.8 Å². The topological polar surface area (TPSA) is 88.1 Å². The second kappa shape index (κ2) is 6.36. The predicted octanol–water partition coefficient (Wildman–Crippen LogP) is 2.80. The molecule has 4 rings (SSSR count). The van der Waals surface area contributed by atoms with Gasteiger partial charge in [-0.05, 0) is 6.07 Å². The molecule has 1 aliphatic heterocycles. The quantitative estimate of drug-likeness (QED) is 0.689. The Morgan fingerprint density at radius 3 is 3.00 bits per heavy atom. The summed E-state index contributed by atoms with van der Waals surface area (Å²) in [6, 6.07) is 4.95. The fourth-order valence-electron chi connectivity index (χ4n) is 2.48. The third-order valence-corrected chi connectivity index (χ3v) is 3.72. The fraction of sp³-hybridized carbons (Fsp3) is 0.375. The lowest BCUT2D eigenvalue weighted by Gasteiger charge is -2.13. The van der Waals surface area contributed by atoms with E-state index in [0.717, 1.165) is 18.8 Å². The molecular weight excluding hydrogens is 348 g/mol. The van der Waals surface area contributed by atoms with Crippen LogP contribution in [0.4, 0.5) is 8.78 Å². The molecule has 0 fully saturated rings. The molecular formula is C16H15F2N5O3. The normalized spacial score (nSPS) is 14.0. The number of hydrogen-bond donors (Lipinski definition) is 0. The van der Waals surface area contributed by atoms with Crippen LogP contribution in [0.2, 0.25) is 0 Å². The van der Waals surface area contributed by atoms with Gasteiger partial charge in [-0.3, -0.25) is 0 Å². The van der Waals surface area contributed by atoms with Gasteiger partial charge >= 0.3 is 5.92 Å². The summed E-state index contributed by atoms with van der Waals surface area (Å²) in [6.45, 7) is 2.38. The van der Waals surface area contributed by atoms with E-state index in [9.17, 15) is 8.78 Å². The predicted molar refractivity (Wildman–Crippen MR) is 83.8 cm³/mol. The van der Waals surface area contributed by atoms with Gasteiger partial charge in [-0.15, -0.1) is 0 Å². The van der Waals surface area contributed by atoms with Gasteiger partial charge in [0.05, 0.1) is 6.61 Å². The fourth-order valence-corrected chi connectivity index (χ4v) is 2.48. The van der Waals surface area contributed by atoms with Crippen LogP contribution < -0.4 is 9.47 Å². The van der Waals surface area contributed by atoms with Crippen molar-refractivity contribution < 1.29 is 22.8 Å². The zero-order valence-electron chi connectivity index (χ0n) is 13.9. The molecule has 0 amide bonds. The van der Waals surface area contributed by atoms with Crippen molar-refractivity contribution in [1.29, 1.82) is 0 Å². The molecule has 0 aromatic carbocycles. The first-order chi connectivity index (χ1) is 12.5. The zero-order chi connectivity index (χ0) is 18.1. The highest BCUT2D eigenvalue weighted by atomic mass is 19.3. The minimum atomic E-state index is -3.19. The average molecular weight is 363 g/mol. The highest BCUT2D eigenvalue weighted by molar-refractivity contribution is 5.55. The molecule has 0 radical (unpaired) electrons. The lowest BCUT2D eigenvalue weighted by atomic mass is 10.2. The minimum absolute atomic E-state index is 0.0413. The summed E-state index contributed by atoms with van der Waals surface area (Å²) < 4.78 is 44.0. The van der Waals surface area contributed by atoms with Gasteiger partial charge in [-0.1, -0.05) is 5.16 Å². The van der Waals surface area contributed by atoms with Gasteiger partial charge in [0.15, 0.2) is 0 Å². The molecule has 10 heteroatoms. The highest BCUT2D eigenvalue weighted by Crippen LogP contribution is 2.28. The van der Waals surface area contributed by atoms with E-state index in [1.807, 2.05) is 6.07 Å². The number of fused-ring (bicyclic) bond motifs is 1. The van der Waals surface area contributed by atoms with E-state index in [1.165, 1.54) is 6.20 Å². The monoisotopic (exact) mass is 363 g/mol. The first kappa shape index (κ1) is 16.4. The maximum atomic E-state index is 13.2. The third-order valence-electron chi connectivity index (χ3n) is 3.72. The van der Waals surface area contributed by atoms with E-state index in [-0.39, 0.29) is 12.4 Å². The Morgan fingerprint density at radius 2 is 2.23 bits per heavy atom. The van der Waals surface area contributed by atoms with E-state index in [2.05, 4.69) is 24.7 Å². The molecule has 3 aromatic rings. The number of ether oxygens (including phenoxy) is 2. The number of hydrogen-bond acceptors (Lipinski definition) is 7. The molecule has 0 spiro atoms. The van der Waals surface area contributed by atoms with Crippen molar-refractivity contribution in [3.8, 4) is 23.1 Å². The van der Waals surface area contributed by atoms with E-state index >= 15 is 0 Å². The molecule has 0 unspecified atom stereocenters. The SMILES string of the molecule is CC(F)(F)c1nc(-c2ccnc(OCc3cc4n(n3)CCCO4)c2)no1. The Labute approximate surface area is 146 Å². The molecule has 0 aliphatic carbocycles. The summed E-state index contributed by atoms with van der Waals surface area (Å²) in [6.07, 6.45) is 2.40. The van der Waals surface area contributed by atoms with Crippen LogP contribution in [-0.2, 0) is 19.1 Å². The first-order valence-electron chi connectivity index (χ1n) is 8.00. The molecule has 8 nitrogen and oxygen atoms in total. The maximum absolute atomic E-state index is 13.2. The van der Waals surface area contributed by atoms with Gasteiger partial charge in [-0.2, -0.15) is 18.9 Å². The van der Waals surface area contributed by atoms with Crippen LogP contribution in [0.25, 0.3) is 11.4 Å². The maximum Gasteiger partial charge on any atom is 0.322 e. The van der Waals surface area contributed by atoms with Crippen LogP contribution >= 0.6 is 0 Å². The van der Waals surface area contributed by atoms with Gasteiger partial charge in [-0.25, -0.2) is 9.67 Å². The molecule has 4 heterocycles. The van der Waals surface area contributed by atoms with Crippen molar-refractivity contribution in [3.05, 3.63) is 36.0 Å². The minimum Gasteiger partial charge on any atom is -0.478 e. The number of alkyl halides is 2. The summed E-state index contributed by atoms with van der Waals surface area (Å²) in [5.74, 6) is -2.88. The molecule has 0 N–H and O–H groups in total. The van der Waals surface area contributed by atoms with Crippen LogP contribution in [0.1, 0.15) is 24.9 Å². The van der Waals surface area contributed by atoms with E-state index < -0.39 is 11.8 Å². The van der Waals surface area contributed by atoms with Gasteiger partial charge in [0, 0.05) is 43.8 Å². The first-order valence-corrected chi connectivity index (χ1v) is 8.00. The lowest BCUT2D eigenvalue weighted by molar-refractivity contribution is -0.0158. The number of halogens is 2. The number of nitrogens with zero attached hydrogens (tertiary/aromatic N) is 5. The number of aromatic nitrogens is 5. The summed E-state index contributed by atoms with van der Waals surface area (Å²) in [5, 5.41) is 7.97. The summed E-state index contributed by atoms with van der Waals surface area (Å²) in [4.78, 5) is 7.81. The molecule has 0 saturated heterocycles. The van der Waals surface area contributed by atoms with Crippen molar-refractivity contribution in [3.63, 3.8) is 0 Å². The molecule has 0 atom stereocenters. The molecule has 0 bridgehead atoms. The lowest BCUT2D eigenvalue weighted by Crippen LogP contribution is -2.14. The van der Waals surface area contributed by atoms with Gasteiger partial charge in [0.1, 0.15) is 12.3 Å². The van der Waals surface area contributed by atoms with Crippen molar-refractivity contribution in [2.45, 2.75) is 32.4 Å². The molecule has 26 heavy (non-hydrogen) atoms. The number of aryl methyl sites for hydroxylation is 1. The standard InChI is InChI=1S/C16H15F2N5O3/c1-16(17,18)15-20-14(22-26-15)10-3-4-19-12(7-10)25-9-11-8-13-23(21-11)5-2-6-24-13/h3-4,7-8H,2,5-6,9H2,1H3. The van der Waals surface area contributed by atoms with Crippen molar-refractivity contribution in [2.24, 2.45) is 0 Å². The van der Waals surface area contributed by atoms with Gasteiger partial charge in [0.2, 0.25) is 17.6 Å². The van der Waals surface area contributed by atoms with E-state index in [0.29, 0.717) is 30.7 Å². The zero-order valence-corrected chi connectivity index (χ0v) is 13.9. The van der Waals surface area contributed by atoms with E-state index in [1.54, 1.807) is 16.8 Å². The Morgan fingerprint density at radius 1 is 1.35 bits per heavy atom. The Kier molecular flexibility index (Phi) is 4.02. The van der Waals surface area contributed by atoms with Crippen molar-refractivity contribution >= 4 is 0 Å².